The Hall–Kier alpha value is -1.95. The minimum absolute atomic E-state index is 0.0672. The highest BCUT2D eigenvalue weighted by molar-refractivity contribution is 6.32. The fourth-order valence-corrected chi connectivity index (χ4v) is 3.57. The number of amides is 2. The Morgan fingerprint density at radius 2 is 1.95 bits per heavy atom. The molecule has 2 amide bonds. The zero-order valence-corrected chi connectivity index (χ0v) is 12.3. The third-order valence-corrected chi connectivity index (χ3v) is 4.94. The molecule has 4 rings (SSSR count). The first-order valence-electron chi connectivity index (χ1n) is 6.74. The molecule has 1 saturated carbocycles. The average Bonchev–Trinajstić information content (AvgIpc) is 2.71. The predicted octanol–water partition coefficient (Wildman–Crippen LogP) is 1.52. The monoisotopic (exact) mass is 304 g/mol. The molecule has 2 aromatic heterocycles. The molecular formula is C14H13ClN4O2. The van der Waals surface area contributed by atoms with Crippen molar-refractivity contribution in [3.63, 3.8) is 0 Å². The van der Waals surface area contributed by atoms with E-state index in [1.807, 2.05) is 13.8 Å². The third-order valence-electron chi connectivity index (χ3n) is 4.65. The molecule has 2 aromatic rings. The summed E-state index contributed by atoms with van der Waals surface area (Å²) in [6.45, 7) is 4.20. The molecule has 21 heavy (non-hydrogen) atoms. The number of imide groups is 1. The summed E-state index contributed by atoms with van der Waals surface area (Å²) in [7, 11) is 0. The van der Waals surface area contributed by atoms with Gasteiger partial charge in [0, 0.05) is 6.20 Å². The van der Waals surface area contributed by atoms with Crippen LogP contribution in [-0.2, 0) is 16.1 Å². The molecule has 1 aliphatic carbocycles. The topological polar surface area (TPSA) is 67.6 Å². The van der Waals surface area contributed by atoms with Gasteiger partial charge in [0.05, 0.1) is 18.4 Å². The number of rotatable bonds is 2. The van der Waals surface area contributed by atoms with E-state index in [4.69, 9.17) is 11.6 Å². The quantitative estimate of drug-likeness (QED) is 0.789. The second-order valence-corrected chi connectivity index (χ2v) is 6.63. The van der Waals surface area contributed by atoms with Crippen molar-refractivity contribution in [2.24, 2.45) is 17.3 Å². The summed E-state index contributed by atoms with van der Waals surface area (Å²) in [6.07, 6.45) is 3.13. The van der Waals surface area contributed by atoms with Gasteiger partial charge in [0.25, 0.3) is 0 Å². The van der Waals surface area contributed by atoms with Crippen molar-refractivity contribution in [3.05, 3.63) is 29.3 Å². The van der Waals surface area contributed by atoms with Crippen LogP contribution in [0.15, 0.2) is 18.6 Å². The molecule has 6 nitrogen and oxygen atoms in total. The highest BCUT2D eigenvalue weighted by Gasteiger charge is 2.72. The van der Waals surface area contributed by atoms with Gasteiger partial charge in [-0.15, -0.1) is 0 Å². The Labute approximate surface area is 125 Å². The van der Waals surface area contributed by atoms with E-state index in [0.29, 0.717) is 10.7 Å². The van der Waals surface area contributed by atoms with Crippen molar-refractivity contribution in [1.82, 2.24) is 19.5 Å². The molecule has 2 atom stereocenters. The van der Waals surface area contributed by atoms with Crippen LogP contribution in [-0.4, -0.2) is 31.3 Å². The Morgan fingerprint density at radius 3 is 2.57 bits per heavy atom. The number of carbonyl (C=O) groups is 2. The zero-order valence-electron chi connectivity index (χ0n) is 11.6. The molecule has 3 heterocycles. The van der Waals surface area contributed by atoms with E-state index in [9.17, 15) is 9.59 Å². The summed E-state index contributed by atoms with van der Waals surface area (Å²) >= 11 is 5.99. The lowest BCUT2D eigenvalue weighted by Crippen LogP contribution is -2.35. The van der Waals surface area contributed by atoms with E-state index >= 15 is 0 Å². The van der Waals surface area contributed by atoms with Gasteiger partial charge in [0.1, 0.15) is 11.8 Å². The Bertz CT molecular complexity index is 773. The summed E-state index contributed by atoms with van der Waals surface area (Å²) < 4.78 is 1.60. The molecule has 2 fully saturated rings. The summed E-state index contributed by atoms with van der Waals surface area (Å²) in [5.74, 6) is -0.430. The second-order valence-electron chi connectivity index (χ2n) is 6.27. The molecule has 0 N–H and O–H groups in total. The van der Waals surface area contributed by atoms with Gasteiger partial charge in [-0.05, 0) is 17.0 Å². The van der Waals surface area contributed by atoms with E-state index in [1.165, 1.54) is 11.2 Å². The van der Waals surface area contributed by atoms with Gasteiger partial charge in [-0.1, -0.05) is 25.4 Å². The summed E-state index contributed by atoms with van der Waals surface area (Å²) in [5, 5.41) is 4.40. The molecule has 0 bridgehead atoms. The van der Waals surface area contributed by atoms with E-state index in [-0.39, 0.29) is 35.6 Å². The maximum Gasteiger partial charge on any atom is 0.233 e. The maximum absolute atomic E-state index is 12.3. The smallest absolute Gasteiger partial charge is 0.233 e. The second kappa shape index (κ2) is 3.82. The highest BCUT2D eigenvalue weighted by atomic mass is 35.5. The van der Waals surface area contributed by atoms with Gasteiger partial charge in [-0.25, -0.2) is 9.50 Å². The molecule has 1 aliphatic heterocycles. The Kier molecular flexibility index (Phi) is 2.32. The molecule has 0 radical (unpaired) electrons. The van der Waals surface area contributed by atoms with Crippen LogP contribution >= 0.6 is 11.6 Å². The number of halogens is 1. The zero-order chi connectivity index (χ0) is 14.9. The van der Waals surface area contributed by atoms with Crippen LogP contribution in [0.25, 0.3) is 5.52 Å². The lowest BCUT2D eigenvalue weighted by Gasteiger charge is -2.19. The van der Waals surface area contributed by atoms with Gasteiger partial charge < -0.3 is 0 Å². The summed E-state index contributed by atoms with van der Waals surface area (Å²) in [5.41, 5.74) is 1.31. The van der Waals surface area contributed by atoms with Crippen molar-refractivity contribution in [2.75, 3.05) is 0 Å². The van der Waals surface area contributed by atoms with Crippen LogP contribution in [0, 0.1) is 17.3 Å². The Morgan fingerprint density at radius 1 is 1.29 bits per heavy atom. The molecule has 0 spiro atoms. The van der Waals surface area contributed by atoms with Crippen LogP contribution in [0.1, 0.15) is 19.4 Å². The first-order valence-corrected chi connectivity index (χ1v) is 7.12. The van der Waals surface area contributed by atoms with Crippen LogP contribution in [0.2, 0.25) is 5.15 Å². The van der Waals surface area contributed by atoms with Crippen molar-refractivity contribution >= 4 is 28.9 Å². The fraction of sp³-hybridized carbons (Fsp3) is 0.429. The lowest BCUT2D eigenvalue weighted by molar-refractivity contribution is -0.143. The third kappa shape index (κ3) is 1.59. The predicted molar refractivity (Wildman–Crippen MR) is 74.3 cm³/mol. The minimum Gasteiger partial charge on any atom is -0.278 e. The first kappa shape index (κ1) is 12.8. The van der Waals surface area contributed by atoms with Gasteiger partial charge in [-0.3, -0.25) is 14.5 Å². The number of aromatic nitrogens is 3. The standard InChI is InChI=1S/C14H13ClN4O2/c1-14(2)9-10(14)13(21)18(12(9)20)4-7-3-8-11(15)16-6-17-19(8)5-7/h3,5-6,9-10H,4H2,1-2H3. The van der Waals surface area contributed by atoms with Gasteiger partial charge in [0.15, 0.2) is 5.15 Å². The van der Waals surface area contributed by atoms with Gasteiger partial charge in [-0.2, -0.15) is 5.10 Å². The largest absolute Gasteiger partial charge is 0.278 e. The van der Waals surface area contributed by atoms with Crippen molar-refractivity contribution in [2.45, 2.75) is 20.4 Å². The van der Waals surface area contributed by atoms with E-state index in [1.54, 1.807) is 16.8 Å². The normalized spacial score (nSPS) is 26.5. The summed E-state index contributed by atoms with van der Waals surface area (Å²) in [6, 6.07) is 1.80. The number of piperidine rings is 1. The summed E-state index contributed by atoms with van der Waals surface area (Å²) in [4.78, 5) is 29.9. The van der Waals surface area contributed by atoms with Crippen molar-refractivity contribution < 1.29 is 9.59 Å². The van der Waals surface area contributed by atoms with Crippen LogP contribution in [0.5, 0.6) is 0 Å². The molecule has 2 aliphatic rings. The first-order chi connectivity index (χ1) is 9.91. The van der Waals surface area contributed by atoms with Crippen molar-refractivity contribution in [3.8, 4) is 0 Å². The molecule has 1 saturated heterocycles. The SMILES string of the molecule is CC1(C)C2C(=O)N(Cc3cc4c(Cl)ncnn4c3)C(=O)C21. The molecular weight excluding hydrogens is 292 g/mol. The highest BCUT2D eigenvalue weighted by Crippen LogP contribution is 2.63. The minimum atomic E-state index is -0.176. The van der Waals surface area contributed by atoms with Gasteiger partial charge >= 0.3 is 0 Å². The lowest BCUT2D eigenvalue weighted by atomic mass is 10.1. The van der Waals surface area contributed by atoms with Crippen molar-refractivity contribution in [1.29, 1.82) is 0 Å². The number of nitrogens with zero attached hydrogens (tertiary/aromatic N) is 4. The number of fused-ring (bicyclic) bond motifs is 2. The molecule has 0 aromatic carbocycles. The van der Waals surface area contributed by atoms with Crippen LogP contribution in [0.4, 0.5) is 0 Å². The maximum atomic E-state index is 12.3. The van der Waals surface area contributed by atoms with Crippen LogP contribution in [0.3, 0.4) is 0 Å². The molecule has 7 heteroatoms. The van der Waals surface area contributed by atoms with E-state index in [0.717, 1.165) is 5.56 Å². The fourth-order valence-electron chi connectivity index (χ4n) is 3.38. The number of carbonyl (C=O) groups excluding carboxylic acids is 2. The Balaban J connectivity index is 1.63. The average molecular weight is 305 g/mol. The molecule has 2 unspecified atom stereocenters. The van der Waals surface area contributed by atoms with Gasteiger partial charge in [0.2, 0.25) is 11.8 Å². The number of likely N-dealkylation sites (tertiary alicyclic amines) is 1. The van der Waals surface area contributed by atoms with E-state index in [2.05, 4.69) is 10.1 Å². The molecule has 108 valence electrons. The number of hydrogen-bond acceptors (Lipinski definition) is 4. The van der Waals surface area contributed by atoms with Crippen LogP contribution < -0.4 is 0 Å². The van der Waals surface area contributed by atoms with E-state index < -0.39 is 0 Å². The number of hydrogen-bond donors (Lipinski definition) is 0.